The molecule has 1 saturated heterocycles. The van der Waals surface area contributed by atoms with E-state index in [1.54, 1.807) is 12.1 Å². The fraction of sp³-hybridized carbons (Fsp3) is 0.294. The van der Waals surface area contributed by atoms with Gasteiger partial charge in [-0.3, -0.25) is 0 Å². The zero-order chi connectivity index (χ0) is 16.7. The van der Waals surface area contributed by atoms with Crippen molar-refractivity contribution in [3.8, 4) is 11.3 Å². The van der Waals surface area contributed by atoms with Gasteiger partial charge in [-0.2, -0.15) is 0 Å². The monoisotopic (exact) mass is 326 g/mol. The lowest BCUT2D eigenvalue weighted by Crippen LogP contribution is -2.21. The number of halogens is 1. The smallest absolute Gasteiger partial charge is 0.350 e. The number of carboxylic acid groups (broad SMARTS) is 1. The van der Waals surface area contributed by atoms with Crippen LogP contribution < -0.4 is 4.90 Å². The molecule has 1 aromatic heterocycles. The molecule has 0 radical (unpaired) electrons. The lowest BCUT2D eigenvalue weighted by Gasteiger charge is -2.20. The molecule has 2 aliphatic heterocycles. The van der Waals surface area contributed by atoms with Gasteiger partial charge in [-0.15, -0.1) is 0 Å². The number of benzene rings is 1. The second-order valence-electron chi connectivity index (χ2n) is 5.91. The largest absolute Gasteiger partial charge is 0.477 e. The number of carbonyl (C=O) groups is 1. The Labute approximate surface area is 137 Å². The summed E-state index contributed by atoms with van der Waals surface area (Å²) in [4.78, 5) is 26.6. The van der Waals surface area contributed by atoms with Crippen LogP contribution in [0.2, 0.25) is 0 Å². The summed E-state index contributed by atoms with van der Waals surface area (Å²) in [5.41, 5.74) is 1.99. The second-order valence-corrected chi connectivity index (χ2v) is 5.91. The highest BCUT2D eigenvalue weighted by Crippen LogP contribution is 2.35. The maximum absolute atomic E-state index is 13.2. The normalized spacial score (nSPS) is 16.2. The summed E-state index contributed by atoms with van der Waals surface area (Å²) in [6.07, 6.45) is 2.35. The highest BCUT2D eigenvalue weighted by molar-refractivity contribution is 6.37. The lowest BCUT2D eigenvalue weighted by molar-refractivity contribution is -0.129. The number of aliphatic carboxylic acids is 1. The topological polar surface area (TPSA) is 78.7 Å². The van der Waals surface area contributed by atoms with Crippen molar-refractivity contribution < 1.29 is 14.3 Å². The SMILES string of the molecule is O=C(O)C1=Nc2nc(-c3ccc(F)cc3)c(N3CCCC3)nc2C1. The first-order valence-electron chi connectivity index (χ1n) is 7.84. The summed E-state index contributed by atoms with van der Waals surface area (Å²) in [6.45, 7) is 1.77. The molecule has 0 unspecified atom stereocenters. The van der Waals surface area contributed by atoms with Crippen molar-refractivity contribution in [2.45, 2.75) is 19.3 Å². The van der Waals surface area contributed by atoms with Crippen molar-refractivity contribution in [3.63, 3.8) is 0 Å². The second kappa shape index (κ2) is 5.67. The van der Waals surface area contributed by atoms with Gasteiger partial charge in [0.15, 0.2) is 11.6 Å². The van der Waals surface area contributed by atoms with E-state index in [2.05, 4.69) is 19.9 Å². The summed E-state index contributed by atoms with van der Waals surface area (Å²) in [7, 11) is 0. The minimum Gasteiger partial charge on any atom is -0.477 e. The Balaban J connectivity index is 1.84. The van der Waals surface area contributed by atoms with E-state index in [1.165, 1.54) is 12.1 Å². The summed E-state index contributed by atoms with van der Waals surface area (Å²) >= 11 is 0. The summed E-state index contributed by atoms with van der Waals surface area (Å²) in [5, 5.41) is 9.14. The van der Waals surface area contributed by atoms with Gasteiger partial charge in [0, 0.05) is 25.1 Å². The molecule has 0 spiro atoms. The molecule has 2 aromatic rings. The summed E-state index contributed by atoms with van der Waals surface area (Å²) in [5.74, 6) is -0.308. The van der Waals surface area contributed by atoms with Crippen LogP contribution in [0.3, 0.4) is 0 Å². The number of rotatable bonds is 3. The maximum atomic E-state index is 13.2. The van der Waals surface area contributed by atoms with E-state index in [0.717, 1.165) is 37.3 Å². The number of hydrogen-bond acceptors (Lipinski definition) is 5. The number of aromatic nitrogens is 2. The van der Waals surface area contributed by atoms with E-state index in [4.69, 9.17) is 5.11 Å². The first-order valence-corrected chi connectivity index (χ1v) is 7.84. The molecule has 1 N–H and O–H groups in total. The van der Waals surface area contributed by atoms with Gasteiger partial charge >= 0.3 is 5.97 Å². The molecular weight excluding hydrogens is 311 g/mol. The third-order valence-electron chi connectivity index (χ3n) is 4.27. The van der Waals surface area contributed by atoms with Crippen molar-refractivity contribution in [1.82, 2.24) is 9.97 Å². The molecule has 24 heavy (non-hydrogen) atoms. The zero-order valence-electron chi connectivity index (χ0n) is 12.9. The van der Waals surface area contributed by atoms with Crippen LogP contribution in [0.15, 0.2) is 29.3 Å². The average molecular weight is 326 g/mol. The highest BCUT2D eigenvalue weighted by Gasteiger charge is 2.27. The summed E-state index contributed by atoms with van der Waals surface area (Å²) in [6, 6.07) is 6.07. The van der Waals surface area contributed by atoms with Crippen molar-refractivity contribution in [2.24, 2.45) is 4.99 Å². The molecule has 3 heterocycles. The van der Waals surface area contributed by atoms with Crippen molar-refractivity contribution >= 4 is 23.3 Å². The van der Waals surface area contributed by atoms with Gasteiger partial charge in [0.2, 0.25) is 0 Å². The molecule has 2 aliphatic rings. The molecule has 0 aliphatic carbocycles. The molecule has 0 saturated carbocycles. The van der Waals surface area contributed by atoms with Crippen LogP contribution in [0, 0.1) is 5.82 Å². The van der Waals surface area contributed by atoms with Gasteiger partial charge in [0.05, 0.1) is 5.69 Å². The van der Waals surface area contributed by atoms with Crippen LogP contribution in [0.5, 0.6) is 0 Å². The summed E-state index contributed by atoms with van der Waals surface area (Å²) < 4.78 is 13.2. The van der Waals surface area contributed by atoms with Gasteiger partial charge in [0.25, 0.3) is 0 Å². The number of carboxylic acids is 1. The molecular formula is C17H15FN4O2. The number of aliphatic imine (C=N–C) groups is 1. The fourth-order valence-corrected chi connectivity index (χ4v) is 3.06. The Hall–Kier alpha value is -2.83. The Morgan fingerprint density at radius 1 is 1.12 bits per heavy atom. The Bertz CT molecular complexity index is 842. The molecule has 1 aromatic carbocycles. The maximum Gasteiger partial charge on any atom is 0.350 e. The van der Waals surface area contributed by atoms with Crippen LogP contribution in [0.1, 0.15) is 18.5 Å². The molecule has 0 bridgehead atoms. The van der Waals surface area contributed by atoms with Crippen LogP contribution in [0.4, 0.5) is 16.0 Å². The van der Waals surface area contributed by atoms with Crippen LogP contribution in [-0.2, 0) is 11.2 Å². The lowest BCUT2D eigenvalue weighted by atomic mass is 10.1. The van der Waals surface area contributed by atoms with Crippen LogP contribution >= 0.6 is 0 Å². The fourth-order valence-electron chi connectivity index (χ4n) is 3.06. The van der Waals surface area contributed by atoms with E-state index in [-0.39, 0.29) is 17.9 Å². The average Bonchev–Trinajstić information content (AvgIpc) is 3.23. The van der Waals surface area contributed by atoms with E-state index < -0.39 is 5.97 Å². The molecule has 4 rings (SSSR count). The predicted molar refractivity (Wildman–Crippen MR) is 87.3 cm³/mol. The van der Waals surface area contributed by atoms with Crippen molar-refractivity contribution in [1.29, 1.82) is 0 Å². The Morgan fingerprint density at radius 2 is 1.83 bits per heavy atom. The van der Waals surface area contributed by atoms with Gasteiger partial charge in [-0.05, 0) is 37.1 Å². The molecule has 0 atom stereocenters. The Kier molecular flexibility index (Phi) is 3.48. The molecule has 7 heteroatoms. The third kappa shape index (κ3) is 2.51. The highest BCUT2D eigenvalue weighted by atomic mass is 19.1. The molecule has 0 amide bonds. The first kappa shape index (κ1) is 14.7. The van der Waals surface area contributed by atoms with E-state index in [9.17, 15) is 9.18 Å². The predicted octanol–water partition coefficient (Wildman–Crippen LogP) is 2.60. The third-order valence-corrected chi connectivity index (χ3v) is 4.27. The van der Waals surface area contributed by atoms with Crippen molar-refractivity contribution in [2.75, 3.05) is 18.0 Å². The number of fused-ring (bicyclic) bond motifs is 1. The standard InChI is InChI=1S/C17H15FN4O2/c18-11-5-3-10(4-6-11)14-16(22-7-1-2-8-22)20-12-9-13(17(23)24)19-15(12)21-14/h3-6H,1-2,7-9H2,(H,23,24). The van der Waals surface area contributed by atoms with Gasteiger partial charge in [-0.1, -0.05) is 0 Å². The minimum atomic E-state index is -1.05. The van der Waals surface area contributed by atoms with Crippen LogP contribution in [-0.4, -0.2) is 39.8 Å². The van der Waals surface area contributed by atoms with Gasteiger partial charge in [-0.25, -0.2) is 24.1 Å². The van der Waals surface area contributed by atoms with Gasteiger partial charge in [0.1, 0.15) is 17.2 Å². The van der Waals surface area contributed by atoms with E-state index in [0.29, 0.717) is 17.2 Å². The number of nitrogens with zero attached hydrogens (tertiary/aromatic N) is 4. The molecule has 1 fully saturated rings. The van der Waals surface area contributed by atoms with E-state index in [1.807, 2.05) is 0 Å². The van der Waals surface area contributed by atoms with E-state index >= 15 is 0 Å². The van der Waals surface area contributed by atoms with Gasteiger partial charge < -0.3 is 10.0 Å². The first-order chi connectivity index (χ1) is 11.6. The Morgan fingerprint density at radius 3 is 2.50 bits per heavy atom. The molecule has 122 valence electrons. The molecule has 6 nitrogen and oxygen atoms in total. The van der Waals surface area contributed by atoms with Crippen LogP contribution in [0.25, 0.3) is 11.3 Å². The quantitative estimate of drug-likeness (QED) is 0.938. The number of hydrogen-bond donors (Lipinski definition) is 1. The van der Waals surface area contributed by atoms with Crippen molar-refractivity contribution in [3.05, 3.63) is 35.8 Å². The minimum absolute atomic E-state index is 0.0497. The number of anilines is 1. The zero-order valence-corrected chi connectivity index (χ0v) is 12.9.